The molecule has 0 aromatic carbocycles. The second-order valence-corrected chi connectivity index (χ2v) is 8.92. The second kappa shape index (κ2) is 8.69. The number of carbonyl (C=O) groups excluding carboxylic acids is 1. The first-order valence-electron chi connectivity index (χ1n) is 11.1. The summed E-state index contributed by atoms with van der Waals surface area (Å²) >= 11 is 0. The topological polar surface area (TPSA) is 59.2 Å². The Hall–Kier alpha value is -2.15. The number of amides is 1. The first-order chi connectivity index (χ1) is 14.0. The van der Waals surface area contributed by atoms with Crippen LogP contribution in [0.25, 0.3) is 0 Å². The van der Waals surface area contributed by atoms with E-state index in [1.807, 2.05) is 22.0 Å². The predicted molar refractivity (Wildman–Crippen MR) is 113 cm³/mol. The molecule has 3 heterocycles. The Labute approximate surface area is 173 Å². The molecule has 0 bridgehead atoms. The van der Waals surface area contributed by atoms with Crippen LogP contribution in [0.15, 0.2) is 18.6 Å². The predicted octanol–water partition coefficient (Wildman–Crippen LogP) is 2.98. The van der Waals surface area contributed by atoms with Crippen LogP contribution in [0.1, 0.15) is 67.6 Å². The van der Waals surface area contributed by atoms with Crippen LogP contribution in [-0.4, -0.2) is 61.4 Å². The van der Waals surface area contributed by atoms with Gasteiger partial charge in [-0.2, -0.15) is 10.2 Å². The summed E-state index contributed by atoms with van der Waals surface area (Å²) in [6.45, 7) is 12.7. The fourth-order valence-electron chi connectivity index (χ4n) is 4.26. The van der Waals surface area contributed by atoms with E-state index in [1.165, 1.54) is 24.1 Å². The van der Waals surface area contributed by atoms with E-state index < -0.39 is 0 Å². The van der Waals surface area contributed by atoms with Crippen molar-refractivity contribution in [3.05, 3.63) is 35.4 Å². The lowest BCUT2D eigenvalue weighted by atomic mass is 10.1. The van der Waals surface area contributed by atoms with E-state index in [0.29, 0.717) is 11.8 Å². The molecule has 2 fully saturated rings. The summed E-state index contributed by atoms with van der Waals surface area (Å²) in [5.41, 5.74) is 3.26. The molecule has 7 heteroatoms. The van der Waals surface area contributed by atoms with Crippen molar-refractivity contribution in [2.75, 3.05) is 26.2 Å². The van der Waals surface area contributed by atoms with Gasteiger partial charge < -0.3 is 4.90 Å². The summed E-state index contributed by atoms with van der Waals surface area (Å²) in [5.74, 6) is 1.22. The normalized spacial score (nSPS) is 18.4. The van der Waals surface area contributed by atoms with Crippen LogP contribution in [0, 0.1) is 5.92 Å². The van der Waals surface area contributed by atoms with E-state index >= 15 is 0 Å². The van der Waals surface area contributed by atoms with Crippen molar-refractivity contribution < 1.29 is 4.79 Å². The molecule has 2 aromatic heterocycles. The smallest absolute Gasteiger partial charge is 0.257 e. The summed E-state index contributed by atoms with van der Waals surface area (Å²) in [7, 11) is 0. The Balaban J connectivity index is 1.41. The molecular formula is C22H34N6O. The van der Waals surface area contributed by atoms with Gasteiger partial charge in [-0.25, -0.2) is 0 Å². The molecule has 1 amide bonds. The quantitative estimate of drug-likeness (QED) is 0.719. The van der Waals surface area contributed by atoms with Crippen molar-refractivity contribution in [2.24, 2.45) is 5.92 Å². The van der Waals surface area contributed by atoms with Gasteiger partial charge in [0.1, 0.15) is 0 Å². The molecule has 1 aliphatic heterocycles. The number of hydrogen-bond donors (Lipinski definition) is 0. The highest BCUT2D eigenvalue weighted by Crippen LogP contribution is 2.42. The molecule has 2 aliphatic rings. The van der Waals surface area contributed by atoms with Crippen molar-refractivity contribution >= 4 is 5.91 Å². The Morgan fingerprint density at radius 1 is 1.14 bits per heavy atom. The van der Waals surface area contributed by atoms with Gasteiger partial charge in [-0.05, 0) is 32.1 Å². The minimum atomic E-state index is 0.169. The molecule has 1 saturated heterocycles. The maximum Gasteiger partial charge on any atom is 0.257 e. The number of nitrogens with zero attached hydrogens (tertiary/aromatic N) is 6. The third-order valence-corrected chi connectivity index (χ3v) is 5.91. The highest BCUT2D eigenvalue weighted by molar-refractivity contribution is 5.95. The average molecular weight is 399 g/mol. The zero-order chi connectivity index (χ0) is 20.4. The van der Waals surface area contributed by atoms with E-state index in [-0.39, 0.29) is 5.91 Å². The lowest BCUT2D eigenvalue weighted by Crippen LogP contribution is -2.35. The van der Waals surface area contributed by atoms with E-state index in [9.17, 15) is 4.79 Å². The highest BCUT2D eigenvalue weighted by Gasteiger charge is 2.34. The van der Waals surface area contributed by atoms with Crippen LogP contribution in [0.2, 0.25) is 0 Å². The Kier molecular flexibility index (Phi) is 6.04. The molecule has 2 aromatic rings. The van der Waals surface area contributed by atoms with E-state index in [0.717, 1.165) is 57.8 Å². The van der Waals surface area contributed by atoms with E-state index in [1.54, 1.807) is 0 Å². The van der Waals surface area contributed by atoms with Crippen LogP contribution in [0.3, 0.4) is 0 Å². The summed E-state index contributed by atoms with van der Waals surface area (Å²) in [6.07, 6.45) is 9.28. The second-order valence-electron chi connectivity index (χ2n) is 8.92. The van der Waals surface area contributed by atoms with Gasteiger partial charge in [0.05, 0.1) is 23.7 Å². The minimum absolute atomic E-state index is 0.169. The molecule has 0 unspecified atom stereocenters. The average Bonchev–Trinajstić information content (AvgIpc) is 3.36. The fourth-order valence-corrected chi connectivity index (χ4v) is 4.26. The van der Waals surface area contributed by atoms with Gasteiger partial charge >= 0.3 is 0 Å². The lowest BCUT2D eigenvalue weighted by Gasteiger charge is -2.22. The maximum atomic E-state index is 13.4. The van der Waals surface area contributed by atoms with Gasteiger partial charge in [-0.1, -0.05) is 13.8 Å². The summed E-state index contributed by atoms with van der Waals surface area (Å²) in [6, 6.07) is 0. The van der Waals surface area contributed by atoms with E-state index in [4.69, 9.17) is 0 Å². The molecule has 1 aliphatic carbocycles. The number of aryl methyl sites for hydroxylation is 1. The molecule has 29 heavy (non-hydrogen) atoms. The van der Waals surface area contributed by atoms with Crippen molar-refractivity contribution in [1.29, 1.82) is 0 Å². The summed E-state index contributed by atoms with van der Waals surface area (Å²) in [5, 5.41) is 8.96. The lowest BCUT2D eigenvalue weighted by molar-refractivity contribution is 0.0759. The number of rotatable bonds is 7. The van der Waals surface area contributed by atoms with Gasteiger partial charge in [-0.15, -0.1) is 0 Å². The largest absolute Gasteiger partial charge is 0.337 e. The third kappa shape index (κ3) is 4.71. The number of aromatic nitrogens is 4. The van der Waals surface area contributed by atoms with Crippen molar-refractivity contribution in [2.45, 2.75) is 65.6 Å². The van der Waals surface area contributed by atoms with Crippen molar-refractivity contribution in [1.82, 2.24) is 29.4 Å². The first-order valence-corrected chi connectivity index (χ1v) is 11.1. The zero-order valence-corrected chi connectivity index (χ0v) is 18.0. The van der Waals surface area contributed by atoms with Crippen LogP contribution >= 0.6 is 0 Å². The van der Waals surface area contributed by atoms with E-state index in [2.05, 4.69) is 46.7 Å². The van der Waals surface area contributed by atoms with Gasteiger partial charge in [0.25, 0.3) is 5.91 Å². The Morgan fingerprint density at radius 2 is 1.97 bits per heavy atom. The summed E-state index contributed by atoms with van der Waals surface area (Å²) < 4.78 is 4.06. The Bertz CT molecular complexity index is 834. The molecule has 1 saturated carbocycles. The molecule has 4 rings (SSSR count). The number of carbonyl (C=O) groups is 1. The molecular weight excluding hydrogens is 364 g/mol. The SMILES string of the molecule is CCn1cc(CN2CCCN(C(=O)c3cnn(CC(C)C)c3C3CC3)CC2)cn1. The van der Waals surface area contributed by atoms with Crippen LogP contribution in [-0.2, 0) is 19.6 Å². The monoisotopic (exact) mass is 398 g/mol. The minimum Gasteiger partial charge on any atom is -0.337 e. The molecule has 7 nitrogen and oxygen atoms in total. The van der Waals surface area contributed by atoms with Gasteiger partial charge in [0, 0.05) is 63.5 Å². The summed E-state index contributed by atoms with van der Waals surface area (Å²) in [4.78, 5) is 17.8. The van der Waals surface area contributed by atoms with Crippen molar-refractivity contribution in [3.8, 4) is 0 Å². The fraction of sp³-hybridized carbons (Fsp3) is 0.682. The maximum absolute atomic E-state index is 13.4. The van der Waals surface area contributed by atoms with Gasteiger partial charge in [-0.3, -0.25) is 19.1 Å². The molecule has 0 atom stereocenters. The van der Waals surface area contributed by atoms with Crippen LogP contribution in [0.5, 0.6) is 0 Å². The number of hydrogen-bond acceptors (Lipinski definition) is 4. The first kappa shape index (κ1) is 20.1. The Morgan fingerprint density at radius 3 is 2.66 bits per heavy atom. The molecule has 0 spiro atoms. The highest BCUT2D eigenvalue weighted by atomic mass is 16.2. The van der Waals surface area contributed by atoms with Crippen molar-refractivity contribution in [3.63, 3.8) is 0 Å². The molecule has 0 radical (unpaired) electrons. The van der Waals surface area contributed by atoms with Gasteiger partial charge in [0.15, 0.2) is 0 Å². The molecule has 158 valence electrons. The third-order valence-electron chi connectivity index (χ3n) is 5.91. The van der Waals surface area contributed by atoms with Crippen LogP contribution < -0.4 is 0 Å². The molecule has 0 N–H and O–H groups in total. The van der Waals surface area contributed by atoms with Crippen LogP contribution in [0.4, 0.5) is 0 Å². The van der Waals surface area contributed by atoms with Gasteiger partial charge in [0.2, 0.25) is 0 Å². The standard InChI is InChI=1S/C22H34N6O/c1-4-27-16-18(12-23-27)15-25-8-5-9-26(11-10-25)22(29)20-13-24-28(14-17(2)3)21(20)19-6-7-19/h12-13,16-17,19H,4-11,14-15H2,1-3H3. The zero-order valence-electron chi connectivity index (χ0n) is 18.0.